The van der Waals surface area contributed by atoms with E-state index in [2.05, 4.69) is 4.98 Å². The molecule has 1 aromatic heterocycles. The molecule has 0 saturated heterocycles. The number of hydrogen-bond donors (Lipinski definition) is 1. The van der Waals surface area contributed by atoms with Crippen LogP contribution in [0.25, 0.3) is 0 Å². The summed E-state index contributed by atoms with van der Waals surface area (Å²) in [4.78, 5) is 14.2. The maximum atomic E-state index is 13.2. The molecular weight excluding hydrogens is 211 g/mol. The number of halogens is 3. The fourth-order valence-electron chi connectivity index (χ4n) is 1.58. The standard InChI is InChI=1S/C9H6F3NO2/c10-5-2-1-3-13-6(5)8(7(14)15)4-9(8,11)12/h1-3H,4H2,(H,14,15). The quantitative estimate of drug-likeness (QED) is 0.818. The Bertz CT molecular complexity index is 435. The van der Waals surface area contributed by atoms with Crippen molar-refractivity contribution in [3.63, 3.8) is 0 Å². The van der Waals surface area contributed by atoms with E-state index >= 15 is 0 Å². The average molecular weight is 217 g/mol. The summed E-state index contributed by atoms with van der Waals surface area (Å²) in [5, 5.41) is 8.73. The van der Waals surface area contributed by atoms with Crippen molar-refractivity contribution in [2.45, 2.75) is 17.8 Å². The Kier molecular flexibility index (Phi) is 1.80. The van der Waals surface area contributed by atoms with Crippen LogP contribution in [0.4, 0.5) is 13.2 Å². The molecule has 0 spiro atoms. The third-order valence-electron chi connectivity index (χ3n) is 2.51. The molecule has 2 rings (SSSR count). The Labute approximate surface area is 82.6 Å². The Morgan fingerprint density at radius 1 is 1.53 bits per heavy atom. The van der Waals surface area contributed by atoms with Crippen LogP contribution in [0.2, 0.25) is 0 Å². The van der Waals surface area contributed by atoms with Gasteiger partial charge in [0.05, 0.1) is 5.69 Å². The molecule has 1 fully saturated rings. The number of alkyl halides is 2. The maximum absolute atomic E-state index is 13.2. The van der Waals surface area contributed by atoms with Gasteiger partial charge in [-0.25, -0.2) is 13.2 Å². The summed E-state index contributed by atoms with van der Waals surface area (Å²) in [6.45, 7) is 0. The van der Waals surface area contributed by atoms with Crippen LogP contribution in [-0.4, -0.2) is 22.0 Å². The van der Waals surface area contributed by atoms with Gasteiger partial charge in [-0.15, -0.1) is 0 Å². The van der Waals surface area contributed by atoms with Crippen LogP contribution in [0, 0.1) is 5.82 Å². The Hall–Kier alpha value is -1.59. The number of carboxylic acids is 1. The lowest BCUT2D eigenvalue weighted by Crippen LogP contribution is -2.29. The summed E-state index contributed by atoms with van der Waals surface area (Å²) in [7, 11) is 0. The summed E-state index contributed by atoms with van der Waals surface area (Å²) in [5.74, 6) is -6.18. The van der Waals surface area contributed by atoms with Gasteiger partial charge in [0.1, 0.15) is 5.82 Å². The van der Waals surface area contributed by atoms with Gasteiger partial charge in [0.15, 0.2) is 5.41 Å². The van der Waals surface area contributed by atoms with Gasteiger partial charge in [0.25, 0.3) is 5.92 Å². The van der Waals surface area contributed by atoms with Crippen molar-refractivity contribution in [3.8, 4) is 0 Å². The van der Waals surface area contributed by atoms with E-state index in [4.69, 9.17) is 5.11 Å². The molecule has 1 N–H and O–H groups in total. The van der Waals surface area contributed by atoms with Crippen LogP contribution in [0.15, 0.2) is 18.3 Å². The minimum Gasteiger partial charge on any atom is -0.480 e. The third kappa shape index (κ3) is 1.14. The normalized spacial score (nSPS) is 27.4. The second kappa shape index (κ2) is 2.71. The second-order valence-corrected chi connectivity index (χ2v) is 3.43. The molecule has 80 valence electrons. The molecule has 1 saturated carbocycles. The van der Waals surface area contributed by atoms with Crippen LogP contribution in [0.1, 0.15) is 12.1 Å². The smallest absolute Gasteiger partial charge is 0.322 e. The topological polar surface area (TPSA) is 50.2 Å². The molecule has 1 aliphatic carbocycles. The van der Waals surface area contributed by atoms with E-state index in [9.17, 15) is 18.0 Å². The highest BCUT2D eigenvalue weighted by Gasteiger charge is 2.79. The largest absolute Gasteiger partial charge is 0.480 e. The molecule has 15 heavy (non-hydrogen) atoms. The van der Waals surface area contributed by atoms with E-state index in [-0.39, 0.29) is 0 Å². The molecular formula is C9H6F3NO2. The molecule has 6 heteroatoms. The van der Waals surface area contributed by atoms with Crippen molar-refractivity contribution in [2.75, 3.05) is 0 Å². The van der Waals surface area contributed by atoms with Gasteiger partial charge >= 0.3 is 5.97 Å². The van der Waals surface area contributed by atoms with E-state index in [1.165, 1.54) is 6.07 Å². The van der Waals surface area contributed by atoms with Crippen molar-refractivity contribution >= 4 is 5.97 Å². The molecule has 1 heterocycles. The minimum atomic E-state index is -3.42. The first-order valence-corrected chi connectivity index (χ1v) is 4.14. The molecule has 1 aromatic rings. The number of pyridine rings is 1. The first-order chi connectivity index (χ1) is 6.92. The van der Waals surface area contributed by atoms with Crippen molar-refractivity contribution < 1.29 is 23.1 Å². The Morgan fingerprint density at radius 2 is 2.13 bits per heavy atom. The van der Waals surface area contributed by atoms with Crippen LogP contribution in [-0.2, 0) is 10.2 Å². The van der Waals surface area contributed by atoms with E-state index in [0.29, 0.717) is 0 Å². The highest BCUT2D eigenvalue weighted by atomic mass is 19.3. The van der Waals surface area contributed by atoms with Crippen LogP contribution in [0.3, 0.4) is 0 Å². The van der Waals surface area contributed by atoms with E-state index in [0.717, 1.165) is 12.3 Å². The molecule has 1 unspecified atom stereocenters. The molecule has 0 aliphatic heterocycles. The SMILES string of the molecule is O=C(O)C1(c2ncccc2F)CC1(F)F. The van der Waals surface area contributed by atoms with E-state index in [1.807, 2.05) is 0 Å². The van der Waals surface area contributed by atoms with Crippen LogP contribution >= 0.6 is 0 Å². The zero-order valence-electron chi connectivity index (χ0n) is 7.38. The Balaban J connectivity index is 2.55. The number of aromatic nitrogens is 1. The predicted molar refractivity (Wildman–Crippen MR) is 43.1 cm³/mol. The summed E-state index contributed by atoms with van der Waals surface area (Å²) in [5.41, 5.74) is -3.17. The monoisotopic (exact) mass is 217 g/mol. The van der Waals surface area contributed by atoms with Crippen molar-refractivity contribution in [2.24, 2.45) is 0 Å². The number of rotatable bonds is 2. The van der Waals surface area contributed by atoms with Gasteiger partial charge in [-0.1, -0.05) is 0 Å². The van der Waals surface area contributed by atoms with Gasteiger partial charge in [0, 0.05) is 12.6 Å². The van der Waals surface area contributed by atoms with Crippen LogP contribution in [0.5, 0.6) is 0 Å². The number of hydrogen-bond acceptors (Lipinski definition) is 2. The Morgan fingerprint density at radius 3 is 2.53 bits per heavy atom. The van der Waals surface area contributed by atoms with Gasteiger partial charge < -0.3 is 5.11 Å². The first-order valence-electron chi connectivity index (χ1n) is 4.14. The van der Waals surface area contributed by atoms with Crippen LogP contribution < -0.4 is 0 Å². The summed E-state index contributed by atoms with van der Waals surface area (Å²) < 4.78 is 39.1. The van der Waals surface area contributed by atoms with Crippen molar-refractivity contribution in [3.05, 3.63) is 29.8 Å². The lowest BCUT2D eigenvalue weighted by atomic mass is 10.0. The van der Waals surface area contributed by atoms with Crippen molar-refractivity contribution in [1.82, 2.24) is 4.98 Å². The summed E-state index contributed by atoms with van der Waals surface area (Å²) >= 11 is 0. The minimum absolute atomic E-state index is 0.692. The molecule has 0 amide bonds. The highest BCUT2D eigenvalue weighted by Crippen LogP contribution is 2.61. The third-order valence-corrected chi connectivity index (χ3v) is 2.51. The predicted octanol–water partition coefficient (Wildman–Crippen LogP) is 1.58. The van der Waals surface area contributed by atoms with E-state index < -0.39 is 35.2 Å². The molecule has 1 aliphatic rings. The molecule has 0 bridgehead atoms. The number of carbonyl (C=O) groups is 1. The van der Waals surface area contributed by atoms with Gasteiger partial charge in [-0.2, -0.15) is 0 Å². The van der Waals surface area contributed by atoms with Crippen molar-refractivity contribution in [1.29, 1.82) is 0 Å². The second-order valence-electron chi connectivity index (χ2n) is 3.43. The average Bonchev–Trinajstić information content (AvgIpc) is 2.71. The summed E-state index contributed by atoms with van der Waals surface area (Å²) in [6, 6.07) is 2.14. The van der Waals surface area contributed by atoms with Gasteiger partial charge in [-0.05, 0) is 12.1 Å². The van der Waals surface area contributed by atoms with E-state index in [1.54, 1.807) is 0 Å². The molecule has 0 aromatic carbocycles. The van der Waals surface area contributed by atoms with Gasteiger partial charge in [-0.3, -0.25) is 9.78 Å². The number of aliphatic carboxylic acids is 1. The molecule has 3 nitrogen and oxygen atoms in total. The fourth-order valence-corrected chi connectivity index (χ4v) is 1.58. The number of carboxylic acid groups (broad SMARTS) is 1. The number of nitrogens with zero attached hydrogens (tertiary/aromatic N) is 1. The molecule has 1 atom stereocenters. The lowest BCUT2D eigenvalue weighted by Gasteiger charge is -2.10. The maximum Gasteiger partial charge on any atom is 0.322 e. The first kappa shape index (κ1) is 9.95. The zero-order chi connectivity index (χ0) is 11.3. The zero-order valence-corrected chi connectivity index (χ0v) is 7.38. The fraction of sp³-hybridized carbons (Fsp3) is 0.333. The molecule has 0 radical (unpaired) electrons. The highest BCUT2D eigenvalue weighted by molar-refractivity contribution is 5.87. The lowest BCUT2D eigenvalue weighted by molar-refractivity contribution is -0.143. The summed E-state index contributed by atoms with van der Waals surface area (Å²) in [6.07, 6.45) is 0.195. The van der Waals surface area contributed by atoms with Gasteiger partial charge in [0.2, 0.25) is 0 Å².